The van der Waals surface area contributed by atoms with E-state index in [0.29, 0.717) is 0 Å². The Morgan fingerprint density at radius 3 is 2.96 bits per heavy atom. The summed E-state index contributed by atoms with van der Waals surface area (Å²) in [4.78, 5) is 36.2. The zero-order valence-electron chi connectivity index (χ0n) is 11.8. The number of aliphatic hydroxyl groups excluding tert-OH is 2. The number of fused-ring (bicyclic) bond motifs is 1. The molecule has 0 aliphatic carbocycles. The summed E-state index contributed by atoms with van der Waals surface area (Å²) >= 11 is 0. The highest BCUT2D eigenvalue weighted by Gasteiger charge is 2.61. The molecule has 0 aromatic carbocycles. The first-order valence-corrected chi connectivity index (χ1v) is 6.63. The van der Waals surface area contributed by atoms with Crippen LogP contribution in [0.5, 0.6) is 0 Å². The number of aromatic amines is 1. The van der Waals surface area contributed by atoms with Crippen molar-refractivity contribution in [3.05, 3.63) is 33.5 Å². The molecule has 2 aromatic rings. The topological polar surface area (TPSA) is 199 Å². The van der Waals surface area contributed by atoms with Crippen LogP contribution in [0.2, 0.25) is 0 Å². The number of nitrogens with zero attached hydrogens (tertiary/aromatic N) is 6. The van der Waals surface area contributed by atoms with Crippen LogP contribution < -0.4 is 5.56 Å². The van der Waals surface area contributed by atoms with Crippen LogP contribution >= 0.6 is 0 Å². The number of nitrogens with one attached hydrogen (secondary N) is 1. The molecule has 0 unspecified atom stereocenters. The van der Waals surface area contributed by atoms with E-state index in [-0.39, 0.29) is 11.2 Å². The molecule has 4 atom stereocenters. The molecule has 0 spiro atoms. The molecule has 3 rings (SSSR count). The number of carboxylic acid groups (broad SMARTS) is 1. The third-order valence-corrected chi connectivity index (χ3v) is 3.80. The van der Waals surface area contributed by atoms with Gasteiger partial charge in [-0.05, 0) is 5.53 Å². The average molecular weight is 337 g/mol. The van der Waals surface area contributed by atoms with Crippen LogP contribution in [0, 0.1) is 0 Å². The van der Waals surface area contributed by atoms with Crippen molar-refractivity contribution in [1.82, 2.24) is 19.5 Å². The first kappa shape index (κ1) is 15.9. The fraction of sp³-hybridized carbons (Fsp3) is 0.455. The molecule has 1 fully saturated rings. The lowest BCUT2D eigenvalue weighted by Crippen LogP contribution is -2.50. The summed E-state index contributed by atoms with van der Waals surface area (Å²) in [6.45, 7) is -0.714. The lowest BCUT2D eigenvalue weighted by molar-refractivity contribution is -0.183. The SMILES string of the molecule is [N-]=[N+]=N[C@@H]1[C@H](O)[C@@H](CO)O[C@@]1(C(=O)O)n1cnc2c(=O)[nH]cnc21. The monoisotopic (exact) mass is 337 g/mol. The summed E-state index contributed by atoms with van der Waals surface area (Å²) in [6, 6.07) is -1.63. The second-order valence-electron chi connectivity index (χ2n) is 5.00. The summed E-state index contributed by atoms with van der Waals surface area (Å²) in [7, 11) is 0. The largest absolute Gasteiger partial charge is 0.478 e. The molecule has 126 valence electrons. The van der Waals surface area contributed by atoms with Gasteiger partial charge in [0.15, 0.2) is 11.2 Å². The van der Waals surface area contributed by atoms with Gasteiger partial charge in [-0.3, -0.25) is 9.36 Å². The standard InChI is InChI=1S/C11H11N7O6/c12-17-16-7-6(20)4(1-19)24-11(7,10(22)23)18-3-15-5-8(18)13-2-14-9(5)21/h2-4,6-7,19-20H,1H2,(H,22,23)(H,13,14,21)/t4-,6-,7-,11+/m1/s1. The van der Waals surface area contributed by atoms with E-state index >= 15 is 0 Å². The minimum absolute atomic E-state index is 0.148. The van der Waals surface area contributed by atoms with Crippen LogP contribution in [0.1, 0.15) is 0 Å². The van der Waals surface area contributed by atoms with Gasteiger partial charge in [-0.2, -0.15) is 0 Å². The van der Waals surface area contributed by atoms with Crippen molar-refractivity contribution in [3.63, 3.8) is 0 Å². The molecule has 0 amide bonds. The lowest BCUT2D eigenvalue weighted by Gasteiger charge is -2.29. The Hall–Kier alpha value is -2.99. The van der Waals surface area contributed by atoms with Gasteiger partial charge in [-0.1, -0.05) is 5.11 Å². The summed E-state index contributed by atoms with van der Waals surface area (Å²) in [6.07, 6.45) is -0.902. The number of azide groups is 1. The number of imidazole rings is 1. The first-order valence-electron chi connectivity index (χ1n) is 6.63. The Bertz CT molecular complexity index is 902. The van der Waals surface area contributed by atoms with Crippen LogP contribution in [-0.2, 0) is 15.3 Å². The van der Waals surface area contributed by atoms with Crippen LogP contribution in [0.3, 0.4) is 0 Å². The number of hydrogen-bond donors (Lipinski definition) is 4. The summed E-state index contributed by atoms with van der Waals surface area (Å²) in [5.41, 5.74) is 5.37. The molecule has 0 bridgehead atoms. The second-order valence-corrected chi connectivity index (χ2v) is 5.00. The second kappa shape index (κ2) is 5.58. The number of rotatable bonds is 4. The van der Waals surface area contributed by atoms with E-state index in [1.165, 1.54) is 0 Å². The van der Waals surface area contributed by atoms with Crippen molar-refractivity contribution < 1.29 is 24.9 Å². The number of H-pyrrole nitrogens is 1. The molecule has 13 heteroatoms. The minimum Gasteiger partial charge on any atom is -0.478 e. The molecule has 1 saturated heterocycles. The van der Waals surface area contributed by atoms with Gasteiger partial charge in [-0.15, -0.1) is 0 Å². The van der Waals surface area contributed by atoms with Gasteiger partial charge in [0, 0.05) is 4.91 Å². The number of aliphatic carboxylic acids is 1. The van der Waals surface area contributed by atoms with E-state index in [1.54, 1.807) is 0 Å². The molecule has 0 saturated carbocycles. The molecule has 1 aliphatic heterocycles. The zero-order valence-corrected chi connectivity index (χ0v) is 11.8. The summed E-state index contributed by atoms with van der Waals surface area (Å²) in [5, 5.41) is 32.5. The molecule has 4 N–H and O–H groups in total. The number of ether oxygens (including phenoxy) is 1. The van der Waals surface area contributed by atoms with E-state index in [9.17, 15) is 24.9 Å². The Labute approximate surface area is 131 Å². The maximum Gasteiger partial charge on any atom is 0.358 e. The Morgan fingerprint density at radius 1 is 1.58 bits per heavy atom. The predicted octanol–water partition coefficient (Wildman–Crippen LogP) is -1.71. The predicted molar refractivity (Wildman–Crippen MR) is 74.7 cm³/mol. The number of carbonyl (C=O) groups is 1. The van der Waals surface area contributed by atoms with Crippen LogP contribution in [0.4, 0.5) is 0 Å². The van der Waals surface area contributed by atoms with E-state index in [1.807, 2.05) is 0 Å². The van der Waals surface area contributed by atoms with Crippen molar-refractivity contribution in [1.29, 1.82) is 0 Å². The summed E-state index contributed by atoms with van der Waals surface area (Å²) in [5.74, 6) is -1.61. The lowest BCUT2D eigenvalue weighted by atomic mass is 10.00. The highest BCUT2D eigenvalue weighted by Crippen LogP contribution is 2.39. The fourth-order valence-corrected chi connectivity index (χ4v) is 2.72. The number of aromatic nitrogens is 4. The highest BCUT2D eigenvalue weighted by atomic mass is 16.6. The van der Waals surface area contributed by atoms with Crippen molar-refractivity contribution in [3.8, 4) is 0 Å². The van der Waals surface area contributed by atoms with Crippen LogP contribution in [0.15, 0.2) is 22.6 Å². The third-order valence-electron chi connectivity index (χ3n) is 3.80. The highest BCUT2D eigenvalue weighted by molar-refractivity contribution is 5.80. The molecule has 1 aliphatic rings. The van der Waals surface area contributed by atoms with Gasteiger partial charge in [0.25, 0.3) is 11.3 Å². The molecule has 2 aromatic heterocycles. The average Bonchev–Trinajstić information content (AvgIpc) is 3.10. The quantitative estimate of drug-likeness (QED) is 0.287. The first-order chi connectivity index (χ1) is 11.5. The molecular weight excluding hydrogens is 326 g/mol. The van der Waals surface area contributed by atoms with Crippen LogP contribution in [-0.4, -0.2) is 65.7 Å². The normalized spacial score (nSPS) is 29.5. The Morgan fingerprint density at radius 2 is 2.33 bits per heavy atom. The third kappa shape index (κ3) is 1.97. The van der Waals surface area contributed by atoms with Gasteiger partial charge in [0.1, 0.15) is 18.5 Å². The van der Waals surface area contributed by atoms with Crippen molar-refractivity contribution >= 4 is 17.1 Å². The number of carboxylic acids is 1. The van der Waals surface area contributed by atoms with Crippen molar-refractivity contribution in [2.24, 2.45) is 5.11 Å². The maximum absolute atomic E-state index is 12.0. The Kier molecular flexibility index (Phi) is 3.69. The van der Waals surface area contributed by atoms with Crippen LogP contribution in [0.25, 0.3) is 21.6 Å². The Balaban J connectivity index is 2.32. The molecule has 24 heavy (non-hydrogen) atoms. The van der Waals surface area contributed by atoms with Gasteiger partial charge in [0.2, 0.25) is 0 Å². The molecule has 3 heterocycles. The maximum atomic E-state index is 12.0. The minimum atomic E-state index is -2.42. The fourth-order valence-electron chi connectivity index (χ4n) is 2.72. The van der Waals surface area contributed by atoms with Crippen molar-refractivity contribution in [2.75, 3.05) is 6.61 Å². The number of aliphatic hydroxyl groups is 2. The van der Waals surface area contributed by atoms with E-state index in [0.717, 1.165) is 17.2 Å². The molecular formula is C11H11N7O6. The molecule has 0 radical (unpaired) electrons. The number of hydrogen-bond acceptors (Lipinski definition) is 8. The van der Waals surface area contributed by atoms with Gasteiger partial charge >= 0.3 is 5.97 Å². The van der Waals surface area contributed by atoms with E-state index in [4.69, 9.17) is 10.3 Å². The van der Waals surface area contributed by atoms with E-state index < -0.39 is 42.1 Å². The zero-order chi connectivity index (χ0) is 17.5. The smallest absolute Gasteiger partial charge is 0.358 e. The van der Waals surface area contributed by atoms with Crippen molar-refractivity contribution in [2.45, 2.75) is 24.0 Å². The van der Waals surface area contributed by atoms with E-state index in [2.05, 4.69) is 25.0 Å². The van der Waals surface area contributed by atoms with Gasteiger partial charge < -0.3 is 25.0 Å². The van der Waals surface area contributed by atoms with Gasteiger partial charge in [0.05, 0.1) is 19.0 Å². The summed E-state index contributed by atoms with van der Waals surface area (Å²) < 4.78 is 6.22. The van der Waals surface area contributed by atoms with Gasteiger partial charge in [-0.25, -0.2) is 14.8 Å². The molecule has 13 nitrogen and oxygen atoms in total.